The van der Waals surface area contributed by atoms with Gasteiger partial charge in [-0.15, -0.1) is 24.0 Å². The molecule has 1 aromatic carbocycles. The third kappa shape index (κ3) is 11.6. The minimum atomic E-state index is -0.505. The van der Waals surface area contributed by atoms with Crippen LogP contribution in [0.3, 0.4) is 0 Å². The van der Waals surface area contributed by atoms with Crippen LogP contribution < -0.4 is 16.0 Å². The maximum Gasteiger partial charge on any atom is 0.407 e. The molecule has 0 heterocycles. The number of ether oxygens (including phenoxy) is 1. The largest absolute Gasteiger partial charge is 0.444 e. The molecule has 1 aromatic rings. The quantitative estimate of drug-likeness (QED) is 0.261. The molecule has 1 amide bonds. The number of alkyl carbamates (subject to hydrolysis) is 1. The summed E-state index contributed by atoms with van der Waals surface area (Å²) in [6.45, 7) is 7.07. The molecule has 0 bridgehead atoms. The van der Waals surface area contributed by atoms with Gasteiger partial charge in [0.1, 0.15) is 11.4 Å². The number of nitrogens with one attached hydrogen (secondary N) is 3. The predicted octanol–water partition coefficient (Wildman–Crippen LogP) is 2.68. The maximum atomic E-state index is 12.8. The number of hydrogen-bond acceptors (Lipinski definition) is 3. The smallest absolute Gasteiger partial charge is 0.407 e. The van der Waals surface area contributed by atoms with Crippen molar-refractivity contribution >= 4 is 36.0 Å². The van der Waals surface area contributed by atoms with Crippen molar-refractivity contribution in [1.82, 2.24) is 16.0 Å². The van der Waals surface area contributed by atoms with Crippen molar-refractivity contribution in [2.45, 2.75) is 32.8 Å². The summed E-state index contributed by atoms with van der Waals surface area (Å²) in [5.74, 6) is 0.407. The molecule has 0 aliphatic carbocycles. The normalized spacial score (nSPS) is 11.3. The first-order valence-electron chi connectivity index (χ1n) is 7.96. The zero-order valence-electron chi connectivity index (χ0n) is 15.2. The number of aliphatic imine (C=N–C) groups is 1. The second kappa shape index (κ2) is 11.9. The summed E-state index contributed by atoms with van der Waals surface area (Å²) in [5, 5.41) is 8.92. The Morgan fingerprint density at radius 3 is 2.20 bits per heavy atom. The number of halogens is 2. The Bertz CT molecular complexity index is 545. The van der Waals surface area contributed by atoms with Crippen LogP contribution in [0.25, 0.3) is 0 Å². The summed E-state index contributed by atoms with van der Waals surface area (Å²) in [7, 11) is 1.68. The molecule has 0 saturated heterocycles. The third-order valence-electron chi connectivity index (χ3n) is 2.93. The summed E-state index contributed by atoms with van der Waals surface area (Å²) in [5.41, 5.74) is 0.543. The molecule has 1 rings (SSSR count). The van der Waals surface area contributed by atoms with Crippen molar-refractivity contribution in [3.05, 3.63) is 35.6 Å². The van der Waals surface area contributed by atoms with Crippen molar-refractivity contribution < 1.29 is 13.9 Å². The van der Waals surface area contributed by atoms with E-state index < -0.39 is 11.7 Å². The molecule has 0 radical (unpaired) electrons. The van der Waals surface area contributed by atoms with Crippen molar-refractivity contribution in [3.63, 3.8) is 0 Å². The van der Waals surface area contributed by atoms with Crippen LogP contribution in [0.5, 0.6) is 0 Å². The Kier molecular flexibility index (Phi) is 11.1. The van der Waals surface area contributed by atoms with Crippen LogP contribution in [0.15, 0.2) is 29.3 Å². The van der Waals surface area contributed by atoms with Gasteiger partial charge in [-0.05, 0) is 44.9 Å². The second-order valence-electron chi connectivity index (χ2n) is 6.23. The van der Waals surface area contributed by atoms with Gasteiger partial charge in [-0.1, -0.05) is 12.1 Å². The van der Waals surface area contributed by atoms with Gasteiger partial charge in [0, 0.05) is 26.7 Å². The van der Waals surface area contributed by atoms with E-state index in [-0.39, 0.29) is 29.8 Å². The molecule has 0 atom stereocenters. The van der Waals surface area contributed by atoms with Crippen LogP contribution in [-0.4, -0.2) is 44.3 Å². The van der Waals surface area contributed by atoms with Crippen molar-refractivity contribution in [2.24, 2.45) is 4.99 Å². The number of benzene rings is 1. The lowest BCUT2D eigenvalue weighted by atomic mass is 10.1. The minimum Gasteiger partial charge on any atom is -0.444 e. The van der Waals surface area contributed by atoms with Crippen molar-refractivity contribution in [1.29, 1.82) is 0 Å². The highest BCUT2D eigenvalue weighted by molar-refractivity contribution is 14.0. The lowest BCUT2D eigenvalue weighted by Gasteiger charge is -2.19. The first kappa shape index (κ1) is 23.4. The van der Waals surface area contributed by atoms with E-state index in [9.17, 15) is 9.18 Å². The molecule has 0 fully saturated rings. The summed E-state index contributed by atoms with van der Waals surface area (Å²) in [6, 6.07) is 6.42. The summed E-state index contributed by atoms with van der Waals surface area (Å²) in [4.78, 5) is 15.6. The van der Waals surface area contributed by atoms with Gasteiger partial charge in [-0.25, -0.2) is 9.18 Å². The zero-order valence-corrected chi connectivity index (χ0v) is 17.5. The molecule has 0 aliphatic rings. The van der Waals surface area contributed by atoms with E-state index in [1.165, 1.54) is 12.1 Å². The van der Waals surface area contributed by atoms with Crippen LogP contribution in [0, 0.1) is 5.82 Å². The Morgan fingerprint density at radius 1 is 1.08 bits per heavy atom. The molecule has 25 heavy (non-hydrogen) atoms. The molecule has 3 N–H and O–H groups in total. The fraction of sp³-hybridized carbons (Fsp3) is 0.529. The number of hydrogen-bond donors (Lipinski definition) is 3. The number of guanidine groups is 1. The predicted molar refractivity (Wildman–Crippen MR) is 109 cm³/mol. The van der Waals surface area contributed by atoms with Gasteiger partial charge < -0.3 is 20.7 Å². The van der Waals surface area contributed by atoms with Crippen molar-refractivity contribution in [2.75, 3.05) is 26.7 Å². The highest BCUT2D eigenvalue weighted by Gasteiger charge is 2.15. The van der Waals surface area contributed by atoms with Crippen molar-refractivity contribution in [3.8, 4) is 0 Å². The Hall–Kier alpha value is -1.58. The lowest BCUT2D eigenvalue weighted by molar-refractivity contribution is 0.0529. The van der Waals surface area contributed by atoms with E-state index in [2.05, 4.69) is 20.9 Å². The van der Waals surface area contributed by atoms with E-state index in [4.69, 9.17) is 4.74 Å². The minimum absolute atomic E-state index is 0. The van der Waals surface area contributed by atoms with Gasteiger partial charge in [0.05, 0.1) is 0 Å². The topological polar surface area (TPSA) is 74.8 Å². The highest BCUT2D eigenvalue weighted by Crippen LogP contribution is 2.06. The molecule has 142 valence electrons. The third-order valence-corrected chi connectivity index (χ3v) is 2.93. The molecule has 6 nitrogen and oxygen atoms in total. The molecule has 0 aromatic heterocycles. The van der Waals surface area contributed by atoms with Crippen LogP contribution in [0.4, 0.5) is 9.18 Å². The molecule has 8 heteroatoms. The molecule has 0 saturated carbocycles. The van der Waals surface area contributed by atoms with Gasteiger partial charge in [0.15, 0.2) is 5.96 Å². The van der Waals surface area contributed by atoms with E-state index >= 15 is 0 Å². The van der Waals surface area contributed by atoms with Gasteiger partial charge in [-0.2, -0.15) is 0 Å². The summed E-state index contributed by atoms with van der Waals surface area (Å²) >= 11 is 0. The van der Waals surface area contributed by atoms with E-state index in [0.717, 1.165) is 12.0 Å². The Labute approximate surface area is 166 Å². The standard InChI is InChI=1S/C17H27FN4O2.HI/c1-17(2,3)24-16(23)22-12-11-21-15(19-4)20-10-9-13-5-7-14(18)8-6-13;/h5-8H,9-12H2,1-4H3,(H,22,23)(H2,19,20,21);1H. The molecular weight excluding hydrogens is 438 g/mol. The van der Waals surface area contributed by atoms with Gasteiger partial charge in [0.2, 0.25) is 0 Å². The number of nitrogens with zero attached hydrogens (tertiary/aromatic N) is 1. The van der Waals surface area contributed by atoms with Gasteiger partial charge in [-0.3, -0.25) is 4.99 Å². The second-order valence-corrected chi connectivity index (χ2v) is 6.23. The van der Waals surface area contributed by atoms with Gasteiger partial charge in [0.25, 0.3) is 0 Å². The van der Waals surface area contributed by atoms with Crippen LogP contribution in [0.1, 0.15) is 26.3 Å². The lowest BCUT2D eigenvalue weighted by Crippen LogP contribution is -2.42. The fourth-order valence-electron chi connectivity index (χ4n) is 1.86. The number of amides is 1. The molecular formula is C17H28FIN4O2. The molecule has 0 spiro atoms. The summed E-state index contributed by atoms with van der Waals surface area (Å²) < 4.78 is 18.0. The SMILES string of the molecule is CN=C(NCCNC(=O)OC(C)(C)C)NCCc1ccc(F)cc1.I. The van der Waals surface area contributed by atoms with E-state index in [1.54, 1.807) is 19.2 Å². The van der Waals surface area contributed by atoms with Crippen LogP contribution >= 0.6 is 24.0 Å². The first-order valence-corrected chi connectivity index (χ1v) is 7.96. The number of carbonyl (C=O) groups excluding carboxylic acids is 1. The first-order chi connectivity index (χ1) is 11.3. The number of carbonyl (C=O) groups is 1. The molecule has 0 aliphatic heterocycles. The number of rotatable bonds is 6. The summed E-state index contributed by atoms with van der Waals surface area (Å²) in [6.07, 6.45) is 0.320. The molecule has 0 unspecified atom stereocenters. The van der Waals surface area contributed by atoms with Crippen LogP contribution in [0.2, 0.25) is 0 Å². The Balaban J connectivity index is 0.00000576. The fourth-order valence-corrected chi connectivity index (χ4v) is 1.86. The average Bonchev–Trinajstić information content (AvgIpc) is 2.49. The van der Waals surface area contributed by atoms with Gasteiger partial charge >= 0.3 is 6.09 Å². The maximum absolute atomic E-state index is 12.8. The van der Waals surface area contributed by atoms with E-state index in [0.29, 0.717) is 25.6 Å². The van der Waals surface area contributed by atoms with Crippen LogP contribution in [-0.2, 0) is 11.2 Å². The monoisotopic (exact) mass is 466 g/mol. The van der Waals surface area contributed by atoms with E-state index in [1.807, 2.05) is 20.8 Å². The highest BCUT2D eigenvalue weighted by atomic mass is 127. The zero-order chi connectivity index (χ0) is 18.0. The average molecular weight is 466 g/mol. The Morgan fingerprint density at radius 2 is 1.64 bits per heavy atom.